The average Bonchev–Trinajstić information content (AvgIpc) is 3.28. The molecule has 2 amide bonds. The highest BCUT2D eigenvalue weighted by Gasteiger charge is 2.41. The van der Waals surface area contributed by atoms with Crippen LogP contribution < -0.4 is 4.90 Å². The Bertz CT molecular complexity index is 894. The zero-order chi connectivity index (χ0) is 19.0. The van der Waals surface area contributed by atoms with Gasteiger partial charge in [0.2, 0.25) is 11.8 Å². The fourth-order valence-corrected chi connectivity index (χ4v) is 5.62. The van der Waals surface area contributed by atoms with Gasteiger partial charge in [-0.2, -0.15) is 0 Å². The van der Waals surface area contributed by atoms with Crippen LogP contribution in [-0.4, -0.2) is 35.6 Å². The second-order valence-corrected chi connectivity index (χ2v) is 9.17. The van der Waals surface area contributed by atoms with E-state index in [9.17, 15) is 9.59 Å². The van der Waals surface area contributed by atoms with E-state index < -0.39 is 0 Å². The highest BCUT2D eigenvalue weighted by molar-refractivity contribution is 9.10. The van der Waals surface area contributed by atoms with Gasteiger partial charge in [0.1, 0.15) is 5.37 Å². The molecule has 4 nitrogen and oxygen atoms in total. The summed E-state index contributed by atoms with van der Waals surface area (Å²) in [5, 5.41) is 0.592. The summed E-state index contributed by atoms with van der Waals surface area (Å²) in [6.07, 6.45) is 0.252. The van der Waals surface area contributed by atoms with Gasteiger partial charge in [0, 0.05) is 46.0 Å². The lowest BCUT2D eigenvalue weighted by Gasteiger charge is -2.27. The topological polar surface area (TPSA) is 40.6 Å². The van der Waals surface area contributed by atoms with Gasteiger partial charge < -0.3 is 9.80 Å². The van der Waals surface area contributed by atoms with Gasteiger partial charge in [-0.15, -0.1) is 11.8 Å². The zero-order valence-electron chi connectivity index (χ0n) is 14.5. The predicted octanol–water partition coefficient (Wildman–Crippen LogP) is 4.73. The summed E-state index contributed by atoms with van der Waals surface area (Å²) in [4.78, 5) is 29.3. The normalized spacial score (nSPS) is 22.5. The van der Waals surface area contributed by atoms with Gasteiger partial charge >= 0.3 is 0 Å². The van der Waals surface area contributed by atoms with Crippen LogP contribution in [0.3, 0.4) is 0 Å². The number of anilines is 1. The molecule has 0 spiro atoms. The number of rotatable bonds is 3. The van der Waals surface area contributed by atoms with Crippen LogP contribution >= 0.6 is 39.3 Å². The predicted molar refractivity (Wildman–Crippen MR) is 113 cm³/mol. The number of benzene rings is 2. The Kier molecular flexibility index (Phi) is 5.48. The number of thioether (sulfide) groups is 1. The van der Waals surface area contributed by atoms with Crippen molar-refractivity contribution >= 4 is 56.8 Å². The monoisotopic (exact) mass is 464 g/mol. The Morgan fingerprint density at radius 2 is 2.00 bits per heavy atom. The molecule has 0 N–H and O–H groups in total. The first-order valence-corrected chi connectivity index (χ1v) is 11.0. The minimum Gasteiger partial charge on any atom is -0.325 e. The van der Waals surface area contributed by atoms with E-state index in [2.05, 4.69) is 15.9 Å². The van der Waals surface area contributed by atoms with E-state index in [0.29, 0.717) is 18.1 Å². The van der Waals surface area contributed by atoms with Crippen LogP contribution in [-0.2, 0) is 9.59 Å². The van der Waals surface area contributed by atoms with Crippen molar-refractivity contribution in [1.29, 1.82) is 0 Å². The fourth-order valence-electron chi connectivity index (χ4n) is 3.63. The first kappa shape index (κ1) is 18.8. The maximum atomic E-state index is 13.2. The smallest absolute Gasteiger partial charge is 0.229 e. The van der Waals surface area contributed by atoms with E-state index in [4.69, 9.17) is 11.6 Å². The largest absolute Gasteiger partial charge is 0.325 e. The molecule has 2 aliphatic rings. The molecule has 2 atom stereocenters. The van der Waals surface area contributed by atoms with E-state index >= 15 is 0 Å². The molecule has 2 unspecified atom stereocenters. The lowest BCUT2D eigenvalue weighted by atomic mass is 10.1. The minimum absolute atomic E-state index is 0.00686. The first-order chi connectivity index (χ1) is 13.0. The molecule has 2 heterocycles. The number of amides is 2. The standard InChI is InChI=1S/C20H18BrClN2O2S/c21-14-4-3-5-15(11-14)24-12-13(10-18(24)25)19(26)23-8-9-27-20(23)16-6-1-2-7-17(16)22/h1-7,11,13,20H,8-10,12H2. The molecule has 27 heavy (non-hydrogen) atoms. The van der Waals surface area contributed by atoms with E-state index in [1.165, 1.54) is 0 Å². The number of halogens is 2. The van der Waals surface area contributed by atoms with Crippen molar-refractivity contribution in [2.24, 2.45) is 5.92 Å². The van der Waals surface area contributed by atoms with Crippen LogP contribution in [0.25, 0.3) is 0 Å². The third-order valence-corrected chi connectivity index (χ3v) is 7.02. The lowest BCUT2D eigenvalue weighted by Crippen LogP contribution is -2.37. The van der Waals surface area contributed by atoms with Crippen molar-refractivity contribution in [3.63, 3.8) is 0 Å². The van der Waals surface area contributed by atoms with Crippen molar-refractivity contribution in [1.82, 2.24) is 4.90 Å². The summed E-state index contributed by atoms with van der Waals surface area (Å²) in [6.45, 7) is 1.10. The number of carbonyl (C=O) groups excluding carboxylic acids is 2. The van der Waals surface area contributed by atoms with Gasteiger partial charge in [-0.3, -0.25) is 9.59 Å². The van der Waals surface area contributed by atoms with E-state index in [0.717, 1.165) is 21.5 Å². The molecule has 0 aromatic heterocycles. The van der Waals surface area contributed by atoms with Crippen LogP contribution in [0.4, 0.5) is 5.69 Å². The van der Waals surface area contributed by atoms with Crippen molar-refractivity contribution in [3.05, 3.63) is 63.6 Å². The molecule has 2 aromatic rings. The first-order valence-electron chi connectivity index (χ1n) is 8.77. The molecular formula is C20H18BrClN2O2S. The highest BCUT2D eigenvalue weighted by atomic mass is 79.9. The second kappa shape index (κ2) is 7.86. The molecule has 7 heteroatoms. The molecular weight excluding hydrogens is 448 g/mol. The van der Waals surface area contributed by atoms with E-state index in [1.807, 2.05) is 53.4 Å². The Hall–Kier alpha value is -1.50. The van der Waals surface area contributed by atoms with Crippen molar-refractivity contribution in [2.75, 3.05) is 23.7 Å². The minimum atomic E-state index is -0.319. The SMILES string of the molecule is O=C1CC(C(=O)N2CCSC2c2ccccc2Cl)CN1c1cccc(Br)c1. The molecule has 2 saturated heterocycles. The summed E-state index contributed by atoms with van der Waals surface area (Å²) in [5.41, 5.74) is 1.78. The average molecular weight is 466 g/mol. The fraction of sp³-hybridized carbons (Fsp3) is 0.300. The van der Waals surface area contributed by atoms with Crippen molar-refractivity contribution in [3.8, 4) is 0 Å². The summed E-state index contributed by atoms with van der Waals surface area (Å²) in [6, 6.07) is 15.3. The number of hydrogen-bond acceptors (Lipinski definition) is 3. The summed E-state index contributed by atoms with van der Waals surface area (Å²) >= 11 is 11.5. The molecule has 0 saturated carbocycles. The van der Waals surface area contributed by atoms with E-state index in [-0.39, 0.29) is 29.5 Å². The Balaban J connectivity index is 1.53. The summed E-state index contributed by atoms with van der Waals surface area (Å²) in [7, 11) is 0. The summed E-state index contributed by atoms with van der Waals surface area (Å²) in [5.74, 6) is 0.584. The van der Waals surface area contributed by atoms with Gasteiger partial charge in [-0.05, 0) is 24.3 Å². The second-order valence-electron chi connectivity index (χ2n) is 6.66. The van der Waals surface area contributed by atoms with Gasteiger partial charge in [0.15, 0.2) is 0 Å². The Morgan fingerprint density at radius 1 is 1.19 bits per heavy atom. The summed E-state index contributed by atoms with van der Waals surface area (Å²) < 4.78 is 0.914. The van der Waals surface area contributed by atoms with Crippen LogP contribution in [0.2, 0.25) is 5.02 Å². The molecule has 4 rings (SSSR count). The van der Waals surface area contributed by atoms with Gasteiger partial charge in [0.05, 0.1) is 5.92 Å². The quantitative estimate of drug-likeness (QED) is 0.658. The van der Waals surface area contributed by atoms with Crippen molar-refractivity contribution in [2.45, 2.75) is 11.8 Å². The number of hydrogen-bond donors (Lipinski definition) is 0. The van der Waals surface area contributed by atoms with Crippen LogP contribution in [0, 0.1) is 5.92 Å². The molecule has 2 aromatic carbocycles. The molecule has 140 valence electrons. The molecule has 0 bridgehead atoms. The van der Waals surface area contributed by atoms with Crippen LogP contribution in [0.1, 0.15) is 17.4 Å². The molecule has 2 fully saturated rings. The molecule has 0 aliphatic carbocycles. The number of nitrogens with zero attached hydrogens (tertiary/aromatic N) is 2. The van der Waals surface area contributed by atoms with Gasteiger partial charge in [0.25, 0.3) is 0 Å². The highest BCUT2D eigenvalue weighted by Crippen LogP contribution is 2.42. The van der Waals surface area contributed by atoms with Crippen LogP contribution in [0.5, 0.6) is 0 Å². The van der Waals surface area contributed by atoms with Gasteiger partial charge in [-0.25, -0.2) is 0 Å². The van der Waals surface area contributed by atoms with Crippen molar-refractivity contribution < 1.29 is 9.59 Å². The maximum Gasteiger partial charge on any atom is 0.229 e. The molecule has 0 radical (unpaired) electrons. The van der Waals surface area contributed by atoms with E-state index in [1.54, 1.807) is 16.7 Å². The number of carbonyl (C=O) groups is 2. The third-order valence-electron chi connectivity index (χ3n) is 4.94. The molecule has 2 aliphatic heterocycles. The Morgan fingerprint density at radius 3 is 2.78 bits per heavy atom. The van der Waals surface area contributed by atoms with Gasteiger partial charge in [-0.1, -0.05) is 51.8 Å². The Labute approximate surface area is 176 Å². The lowest BCUT2D eigenvalue weighted by molar-refractivity contribution is -0.136. The van der Waals surface area contributed by atoms with Crippen LogP contribution in [0.15, 0.2) is 53.0 Å². The maximum absolute atomic E-state index is 13.2. The zero-order valence-corrected chi connectivity index (χ0v) is 17.6. The third kappa shape index (κ3) is 3.75.